The van der Waals surface area contributed by atoms with Gasteiger partial charge in [0.1, 0.15) is 12.1 Å². The van der Waals surface area contributed by atoms with Gasteiger partial charge in [-0.05, 0) is 18.2 Å². The van der Waals surface area contributed by atoms with Crippen LogP contribution >= 0.6 is 11.6 Å². The number of imidazole rings is 1. The third kappa shape index (κ3) is 2.39. The zero-order chi connectivity index (χ0) is 19.3. The minimum absolute atomic E-state index is 0.0466. The number of fused-ring (bicyclic) bond motifs is 2. The molecule has 0 fully saturated rings. The maximum atomic E-state index is 13.2. The van der Waals surface area contributed by atoms with E-state index in [4.69, 9.17) is 16.0 Å². The first-order chi connectivity index (χ1) is 13.7. The van der Waals surface area contributed by atoms with Crippen LogP contribution in [0.3, 0.4) is 0 Å². The summed E-state index contributed by atoms with van der Waals surface area (Å²) in [6.07, 6.45) is 5.08. The molecule has 0 aliphatic carbocycles. The van der Waals surface area contributed by atoms with Gasteiger partial charge >= 0.3 is 0 Å². The number of amides is 1. The zero-order valence-corrected chi connectivity index (χ0v) is 15.1. The van der Waals surface area contributed by atoms with Crippen molar-refractivity contribution in [3.05, 3.63) is 70.7 Å². The lowest BCUT2D eigenvalue weighted by Gasteiger charge is -2.33. The van der Waals surface area contributed by atoms with Crippen molar-refractivity contribution in [2.24, 2.45) is 0 Å². The van der Waals surface area contributed by atoms with E-state index in [9.17, 15) is 10.1 Å². The maximum Gasteiger partial charge on any atom is 0.293 e. The van der Waals surface area contributed by atoms with Crippen LogP contribution in [-0.4, -0.2) is 41.9 Å². The molecule has 5 rings (SSSR count). The number of rotatable bonds is 2. The SMILES string of the molecule is N#Cc1ncoc1C(=O)N1CCc2[nH]cnc2[C@H]1c1cc2c(Cl)cccn2n1. The number of halogens is 1. The van der Waals surface area contributed by atoms with E-state index in [0.29, 0.717) is 29.4 Å². The summed E-state index contributed by atoms with van der Waals surface area (Å²) < 4.78 is 6.87. The summed E-state index contributed by atoms with van der Waals surface area (Å²) >= 11 is 6.29. The van der Waals surface area contributed by atoms with Crippen molar-refractivity contribution in [1.29, 1.82) is 5.26 Å². The van der Waals surface area contributed by atoms with Crippen molar-refractivity contribution in [3.8, 4) is 6.07 Å². The first-order valence-electron chi connectivity index (χ1n) is 8.48. The highest BCUT2D eigenvalue weighted by molar-refractivity contribution is 6.33. The molecule has 9 nitrogen and oxygen atoms in total. The fourth-order valence-electron chi connectivity index (χ4n) is 3.54. The number of carbonyl (C=O) groups excluding carboxylic acids is 1. The fraction of sp³-hybridized carbons (Fsp3) is 0.167. The van der Waals surface area contributed by atoms with Gasteiger partial charge in [0.25, 0.3) is 5.91 Å². The highest BCUT2D eigenvalue weighted by atomic mass is 35.5. The van der Waals surface area contributed by atoms with Crippen molar-refractivity contribution in [2.75, 3.05) is 6.54 Å². The number of nitrogens with zero attached hydrogens (tertiary/aromatic N) is 6. The Hall–Kier alpha value is -3.64. The number of carbonyl (C=O) groups is 1. The third-order valence-electron chi connectivity index (χ3n) is 4.80. The summed E-state index contributed by atoms with van der Waals surface area (Å²) in [5.74, 6) is -0.524. The summed E-state index contributed by atoms with van der Waals surface area (Å²) in [4.78, 5) is 26.1. The Morgan fingerprint density at radius 3 is 3.14 bits per heavy atom. The fourth-order valence-corrected chi connectivity index (χ4v) is 3.75. The second-order valence-electron chi connectivity index (χ2n) is 6.31. The lowest BCUT2D eigenvalue weighted by molar-refractivity contribution is 0.0654. The van der Waals surface area contributed by atoms with Crippen LogP contribution in [0.25, 0.3) is 5.52 Å². The van der Waals surface area contributed by atoms with Gasteiger partial charge in [-0.15, -0.1) is 0 Å². The largest absolute Gasteiger partial charge is 0.437 e. The molecule has 0 saturated heterocycles. The highest BCUT2D eigenvalue weighted by Gasteiger charge is 2.38. The Morgan fingerprint density at radius 2 is 2.32 bits per heavy atom. The van der Waals surface area contributed by atoms with Gasteiger partial charge in [0, 0.05) is 24.9 Å². The summed E-state index contributed by atoms with van der Waals surface area (Å²) in [7, 11) is 0. The van der Waals surface area contributed by atoms with Crippen molar-refractivity contribution >= 4 is 23.0 Å². The molecule has 138 valence electrons. The molecule has 1 atom stereocenters. The lowest BCUT2D eigenvalue weighted by atomic mass is 9.99. The molecule has 28 heavy (non-hydrogen) atoms. The molecule has 0 spiro atoms. The van der Waals surface area contributed by atoms with E-state index in [0.717, 1.165) is 17.6 Å². The van der Waals surface area contributed by atoms with Crippen LogP contribution in [-0.2, 0) is 6.42 Å². The normalized spacial score (nSPS) is 16.1. The van der Waals surface area contributed by atoms with E-state index in [1.54, 1.807) is 34.1 Å². The number of hydrogen-bond acceptors (Lipinski definition) is 6. The standard InChI is InChI=1S/C18H12ClN7O2/c19-10-2-1-4-26-14(10)6-12(24-26)16-15-11(21-8-22-15)3-5-25(16)18(27)17-13(7-20)23-9-28-17/h1-2,4,6,8-9,16H,3,5H2,(H,21,22)/t16-/m1/s1. The predicted molar refractivity (Wildman–Crippen MR) is 96.6 cm³/mol. The summed E-state index contributed by atoms with van der Waals surface area (Å²) in [5.41, 5.74) is 2.95. The van der Waals surface area contributed by atoms with Gasteiger partial charge in [0.05, 0.1) is 28.3 Å². The molecular weight excluding hydrogens is 382 g/mol. The number of hydrogen-bond donors (Lipinski definition) is 1. The summed E-state index contributed by atoms with van der Waals surface area (Å²) in [5, 5.41) is 14.4. The Labute approximate surface area is 163 Å². The molecule has 1 N–H and O–H groups in total. The molecule has 0 aromatic carbocycles. The van der Waals surface area contributed by atoms with Crippen LogP contribution < -0.4 is 0 Å². The number of oxazole rings is 1. The Bertz CT molecular complexity index is 1250. The van der Waals surface area contributed by atoms with Gasteiger partial charge in [0.15, 0.2) is 12.1 Å². The average molecular weight is 394 g/mol. The van der Waals surface area contributed by atoms with Crippen LogP contribution in [0.2, 0.25) is 5.02 Å². The van der Waals surface area contributed by atoms with Crippen LogP contribution in [0.5, 0.6) is 0 Å². The average Bonchev–Trinajstić information content (AvgIpc) is 3.44. The molecule has 1 aliphatic rings. The first-order valence-corrected chi connectivity index (χ1v) is 8.85. The van der Waals surface area contributed by atoms with E-state index in [1.807, 2.05) is 12.1 Å². The second kappa shape index (κ2) is 6.21. The van der Waals surface area contributed by atoms with Crippen molar-refractivity contribution in [2.45, 2.75) is 12.5 Å². The van der Waals surface area contributed by atoms with E-state index in [-0.39, 0.29) is 11.5 Å². The van der Waals surface area contributed by atoms with Gasteiger partial charge in [-0.3, -0.25) is 4.79 Å². The molecule has 0 unspecified atom stereocenters. The summed E-state index contributed by atoms with van der Waals surface area (Å²) in [6, 6.07) is 6.74. The predicted octanol–water partition coefficient (Wildman–Crippen LogP) is 2.36. The van der Waals surface area contributed by atoms with E-state index >= 15 is 0 Å². The van der Waals surface area contributed by atoms with Crippen molar-refractivity contribution < 1.29 is 9.21 Å². The Morgan fingerprint density at radius 1 is 1.43 bits per heavy atom. The quantitative estimate of drug-likeness (QED) is 0.558. The molecule has 0 radical (unpaired) electrons. The highest BCUT2D eigenvalue weighted by Crippen LogP contribution is 2.35. The number of nitriles is 1. The molecule has 1 aliphatic heterocycles. The van der Waals surface area contributed by atoms with Gasteiger partial charge < -0.3 is 14.3 Å². The van der Waals surface area contributed by atoms with E-state index in [2.05, 4.69) is 20.1 Å². The molecule has 0 saturated carbocycles. The minimum Gasteiger partial charge on any atom is -0.437 e. The molecule has 4 aromatic rings. The zero-order valence-electron chi connectivity index (χ0n) is 14.3. The number of pyridine rings is 1. The van der Waals surface area contributed by atoms with Gasteiger partial charge in [-0.1, -0.05) is 11.6 Å². The van der Waals surface area contributed by atoms with Gasteiger partial charge in [0.2, 0.25) is 5.76 Å². The molecular formula is C18H12ClN7O2. The molecule has 10 heteroatoms. The van der Waals surface area contributed by atoms with E-state index in [1.165, 1.54) is 0 Å². The van der Waals surface area contributed by atoms with Gasteiger partial charge in [-0.2, -0.15) is 10.4 Å². The van der Waals surface area contributed by atoms with Crippen LogP contribution in [0.1, 0.15) is 39.4 Å². The second-order valence-corrected chi connectivity index (χ2v) is 6.72. The lowest BCUT2D eigenvalue weighted by Crippen LogP contribution is -2.41. The van der Waals surface area contributed by atoms with Crippen LogP contribution in [0, 0.1) is 11.3 Å². The first kappa shape index (κ1) is 16.5. The molecule has 5 heterocycles. The maximum absolute atomic E-state index is 13.2. The number of nitrogens with one attached hydrogen (secondary N) is 1. The van der Waals surface area contributed by atoms with E-state index < -0.39 is 11.9 Å². The number of H-pyrrole nitrogens is 1. The minimum atomic E-state index is -0.546. The molecule has 0 bridgehead atoms. The Kier molecular flexibility index (Phi) is 3.67. The Balaban J connectivity index is 1.65. The van der Waals surface area contributed by atoms with Crippen LogP contribution in [0.15, 0.2) is 41.5 Å². The number of aromatic amines is 1. The van der Waals surface area contributed by atoms with Crippen molar-refractivity contribution in [3.63, 3.8) is 0 Å². The molecule has 1 amide bonds. The molecule has 4 aromatic heterocycles. The smallest absolute Gasteiger partial charge is 0.293 e. The monoisotopic (exact) mass is 393 g/mol. The number of aromatic nitrogens is 5. The summed E-state index contributed by atoms with van der Waals surface area (Å²) in [6.45, 7) is 0.409. The third-order valence-corrected chi connectivity index (χ3v) is 5.12. The topological polar surface area (TPSA) is 116 Å². The van der Waals surface area contributed by atoms with Crippen molar-refractivity contribution in [1.82, 2.24) is 29.5 Å². The van der Waals surface area contributed by atoms with Crippen LogP contribution in [0.4, 0.5) is 0 Å². The van der Waals surface area contributed by atoms with Gasteiger partial charge in [-0.25, -0.2) is 14.5 Å².